The first kappa shape index (κ1) is 24.1. The zero-order valence-electron chi connectivity index (χ0n) is 19.1. The van der Waals surface area contributed by atoms with E-state index in [9.17, 15) is 9.59 Å². The van der Waals surface area contributed by atoms with E-state index >= 15 is 0 Å². The van der Waals surface area contributed by atoms with Gasteiger partial charge in [-0.05, 0) is 55.0 Å². The van der Waals surface area contributed by atoms with E-state index in [1.54, 1.807) is 60.7 Å². The van der Waals surface area contributed by atoms with Crippen molar-refractivity contribution in [3.63, 3.8) is 0 Å². The van der Waals surface area contributed by atoms with Crippen LogP contribution in [0.3, 0.4) is 0 Å². The van der Waals surface area contributed by atoms with E-state index in [-0.39, 0.29) is 0 Å². The summed E-state index contributed by atoms with van der Waals surface area (Å²) in [4.78, 5) is 32.7. The molecule has 9 heteroatoms. The predicted octanol–water partition coefficient (Wildman–Crippen LogP) is 5.83. The molecule has 1 aliphatic heterocycles. The van der Waals surface area contributed by atoms with Crippen molar-refractivity contribution in [2.24, 2.45) is 5.16 Å². The van der Waals surface area contributed by atoms with Crippen molar-refractivity contribution >= 4 is 46.5 Å². The van der Waals surface area contributed by atoms with Crippen LogP contribution in [0, 0.1) is 0 Å². The summed E-state index contributed by atoms with van der Waals surface area (Å²) in [5.74, 6) is 0.395. The number of hydrogen-bond donors (Lipinski definition) is 2. The van der Waals surface area contributed by atoms with E-state index in [1.807, 2.05) is 18.2 Å². The summed E-state index contributed by atoms with van der Waals surface area (Å²) in [6.45, 7) is 0.848. The highest BCUT2D eigenvalue weighted by Crippen LogP contribution is 2.26. The Hall–Kier alpha value is -4.04. The number of anilines is 3. The number of carbonyl (C=O) groups is 2. The zero-order chi connectivity index (χ0) is 24.6. The van der Waals surface area contributed by atoms with Crippen molar-refractivity contribution in [3.8, 4) is 0 Å². The molecule has 0 aliphatic carbocycles. The van der Waals surface area contributed by atoms with E-state index < -0.39 is 18.1 Å². The van der Waals surface area contributed by atoms with Gasteiger partial charge in [-0.25, -0.2) is 4.79 Å². The first-order valence-corrected chi connectivity index (χ1v) is 11.5. The number of carbonyl (C=O) groups excluding carboxylic acids is 2. The first-order chi connectivity index (χ1) is 17.0. The van der Waals surface area contributed by atoms with Crippen molar-refractivity contribution in [1.29, 1.82) is 0 Å². The van der Waals surface area contributed by atoms with Crippen LogP contribution in [0.5, 0.6) is 0 Å². The molecule has 4 rings (SSSR count). The largest absolute Gasteiger partial charge is 0.431 e. The van der Waals surface area contributed by atoms with Crippen LogP contribution in [0.25, 0.3) is 0 Å². The maximum atomic E-state index is 13.1. The summed E-state index contributed by atoms with van der Waals surface area (Å²) in [7, 11) is 1.53. The van der Waals surface area contributed by atoms with Gasteiger partial charge in [0.25, 0.3) is 5.91 Å². The van der Waals surface area contributed by atoms with Gasteiger partial charge in [0.2, 0.25) is 6.10 Å². The Bertz CT molecular complexity index is 1180. The Morgan fingerprint density at radius 3 is 2.29 bits per heavy atom. The minimum atomic E-state index is -1.15. The Balaban J connectivity index is 1.46. The van der Waals surface area contributed by atoms with Crippen LogP contribution >= 0.6 is 11.6 Å². The van der Waals surface area contributed by atoms with Gasteiger partial charge < -0.3 is 19.8 Å². The van der Waals surface area contributed by atoms with Crippen LogP contribution in [-0.2, 0) is 14.4 Å². The number of benzene rings is 3. The predicted molar refractivity (Wildman–Crippen MR) is 137 cm³/mol. The number of amidine groups is 1. The Kier molecular flexibility index (Phi) is 7.84. The number of halogens is 1. The third-order valence-electron chi connectivity index (χ3n) is 5.39. The SMILES string of the molecule is CON=C1CCCN1c1ccc(NC(=O)[C@H](OC(=O)Nc2ccc(Cl)cc2)c2ccccc2)cc1. The normalized spacial score (nSPS) is 14.9. The van der Waals surface area contributed by atoms with Crippen LogP contribution in [0.4, 0.5) is 21.9 Å². The van der Waals surface area contributed by atoms with Crippen molar-refractivity contribution < 1.29 is 19.2 Å². The van der Waals surface area contributed by atoms with E-state index in [1.165, 1.54) is 7.11 Å². The molecule has 0 spiro atoms. The number of amides is 2. The fraction of sp³-hybridized carbons (Fsp3) is 0.192. The number of rotatable bonds is 7. The maximum absolute atomic E-state index is 13.1. The molecule has 1 saturated heterocycles. The molecule has 0 unspecified atom stereocenters. The van der Waals surface area contributed by atoms with Crippen LogP contribution in [0.15, 0.2) is 84.0 Å². The number of hydrogen-bond acceptors (Lipinski definition) is 5. The van der Waals surface area contributed by atoms with E-state index in [0.717, 1.165) is 30.9 Å². The lowest BCUT2D eigenvalue weighted by molar-refractivity contribution is -0.124. The molecule has 1 atom stereocenters. The van der Waals surface area contributed by atoms with Gasteiger partial charge in [0.15, 0.2) is 0 Å². The molecular weight excluding hydrogens is 468 g/mol. The van der Waals surface area contributed by atoms with Gasteiger partial charge in [0.1, 0.15) is 12.9 Å². The lowest BCUT2D eigenvalue weighted by Crippen LogP contribution is -2.28. The summed E-state index contributed by atoms with van der Waals surface area (Å²) < 4.78 is 5.52. The number of oxime groups is 1. The van der Waals surface area contributed by atoms with Crippen LogP contribution < -0.4 is 15.5 Å². The van der Waals surface area contributed by atoms with Crippen molar-refractivity contribution in [1.82, 2.24) is 0 Å². The van der Waals surface area contributed by atoms with Gasteiger partial charge in [-0.1, -0.05) is 47.1 Å². The molecule has 1 heterocycles. The molecular formula is C26H25ClN4O4. The number of nitrogens with one attached hydrogen (secondary N) is 2. The third kappa shape index (κ3) is 6.30. The van der Waals surface area contributed by atoms with Crippen LogP contribution in [0.2, 0.25) is 5.02 Å². The fourth-order valence-corrected chi connectivity index (χ4v) is 3.88. The summed E-state index contributed by atoms with van der Waals surface area (Å²) in [6.07, 6.45) is -0.0668. The second kappa shape index (κ2) is 11.4. The van der Waals surface area contributed by atoms with E-state index in [4.69, 9.17) is 21.2 Å². The Morgan fingerprint density at radius 1 is 0.943 bits per heavy atom. The topological polar surface area (TPSA) is 92.3 Å². The van der Waals surface area contributed by atoms with E-state index in [0.29, 0.717) is 22.0 Å². The monoisotopic (exact) mass is 492 g/mol. The number of ether oxygens (including phenoxy) is 1. The number of nitrogens with zero attached hydrogens (tertiary/aromatic N) is 2. The minimum absolute atomic E-state index is 0.474. The summed E-state index contributed by atoms with van der Waals surface area (Å²) >= 11 is 5.89. The highest BCUT2D eigenvalue weighted by atomic mass is 35.5. The molecule has 1 fully saturated rings. The van der Waals surface area contributed by atoms with Crippen LogP contribution in [0.1, 0.15) is 24.5 Å². The van der Waals surface area contributed by atoms with Gasteiger partial charge >= 0.3 is 6.09 Å². The molecule has 1 aliphatic rings. The van der Waals surface area contributed by atoms with E-state index in [2.05, 4.69) is 20.7 Å². The fourth-order valence-electron chi connectivity index (χ4n) is 3.76. The molecule has 2 amide bonds. The highest BCUT2D eigenvalue weighted by molar-refractivity contribution is 6.30. The van der Waals surface area contributed by atoms with Crippen molar-refractivity contribution in [3.05, 3.63) is 89.4 Å². The van der Waals surface area contributed by atoms with Gasteiger partial charge in [-0.3, -0.25) is 10.1 Å². The molecule has 0 aromatic heterocycles. The second-order valence-electron chi connectivity index (χ2n) is 7.81. The van der Waals surface area contributed by atoms with Crippen molar-refractivity contribution in [2.45, 2.75) is 18.9 Å². The smallest absolute Gasteiger partial charge is 0.412 e. The summed E-state index contributed by atoms with van der Waals surface area (Å²) in [5.41, 5.74) is 2.58. The molecule has 0 radical (unpaired) electrons. The second-order valence-corrected chi connectivity index (χ2v) is 8.25. The molecule has 2 N–H and O–H groups in total. The molecule has 0 saturated carbocycles. The third-order valence-corrected chi connectivity index (χ3v) is 5.64. The lowest BCUT2D eigenvalue weighted by atomic mass is 10.1. The van der Waals surface area contributed by atoms with Crippen LogP contribution in [-0.4, -0.2) is 31.5 Å². The van der Waals surface area contributed by atoms with Gasteiger partial charge in [0.05, 0.1) is 0 Å². The lowest BCUT2D eigenvalue weighted by Gasteiger charge is -2.20. The average molecular weight is 493 g/mol. The summed E-state index contributed by atoms with van der Waals surface area (Å²) in [5, 5.41) is 10.1. The molecule has 3 aromatic rings. The Labute approximate surface area is 208 Å². The molecule has 3 aromatic carbocycles. The first-order valence-electron chi connectivity index (χ1n) is 11.1. The van der Waals surface area contributed by atoms with Gasteiger partial charge in [-0.2, -0.15) is 0 Å². The van der Waals surface area contributed by atoms with Gasteiger partial charge in [-0.15, -0.1) is 0 Å². The van der Waals surface area contributed by atoms with Gasteiger partial charge in [0, 0.05) is 40.6 Å². The maximum Gasteiger partial charge on any atom is 0.412 e. The average Bonchev–Trinajstić information content (AvgIpc) is 3.33. The van der Waals surface area contributed by atoms with Crippen molar-refractivity contribution in [2.75, 3.05) is 29.2 Å². The molecule has 35 heavy (non-hydrogen) atoms. The minimum Gasteiger partial charge on any atom is -0.431 e. The molecule has 8 nitrogen and oxygen atoms in total. The zero-order valence-corrected chi connectivity index (χ0v) is 19.9. The molecule has 180 valence electrons. The highest BCUT2D eigenvalue weighted by Gasteiger charge is 2.26. The molecule has 0 bridgehead atoms. The Morgan fingerprint density at radius 2 is 1.60 bits per heavy atom. The quantitative estimate of drug-likeness (QED) is 0.405. The standard InChI is InChI=1S/C26H25ClN4O4/c1-34-30-23-8-5-17-31(23)22-15-13-20(14-16-22)28-25(32)24(18-6-3-2-4-7-18)35-26(33)29-21-11-9-19(27)10-12-21/h2-4,6-7,9-16,24H,5,8,17H2,1H3,(H,28,32)(H,29,33)/t24-/m1/s1. The summed E-state index contributed by atoms with van der Waals surface area (Å²) in [6, 6.07) is 22.8.